The van der Waals surface area contributed by atoms with Gasteiger partial charge in [0.15, 0.2) is 0 Å². The highest BCUT2D eigenvalue weighted by atomic mass is 16.1. The maximum Gasteiger partial charge on any atom is 0.266 e. The fourth-order valence-corrected chi connectivity index (χ4v) is 2.04. The monoisotopic (exact) mass is 252 g/mol. The Bertz CT molecular complexity index is 688. The second kappa shape index (κ2) is 5.11. The topological polar surface area (TPSA) is 56.6 Å². The molecule has 0 unspecified atom stereocenters. The molecule has 0 aliphatic heterocycles. The van der Waals surface area contributed by atoms with Gasteiger partial charge in [-0.05, 0) is 30.0 Å². The van der Waals surface area contributed by atoms with Gasteiger partial charge in [-0.1, -0.05) is 43.7 Å². The molecule has 0 bridgehead atoms. The first-order chi connectivity index (χ1) is 9.02. The van der Waals surface area contributed by atoms with E-state index in [0.717, 1.165) is 16.8 Å². The molecular weight excluding hydrogens is 236 g/mol. The second-order valence-electron chi connectivity index (χ2n) is 4.98. The molecule has 0 atom stereocenters. The Balaban J connectivity index is 2.64. The zero-order valence-electron chi connectivity index (χ0n) is 11.3. The van der Waals surface area contributed by atoms with Gasteiger partial charge >= 0.3 is 0 Å². The normalized spacial score (nSPS) is 10.5. The number of pyridine rings is 1. The summed E-state index contributed by atoms with van der Waals surface area (Å²) in [6.45, 7) is 5.98. The van der Waals surface area contributed by atoms with Crippen LogP contribution in [0.3, 0.4) is 0 Å². The largest absolute Gasteiger partial charge is 0.321 e. The van der Waals surface area contributed by atoms with Gasteiger partial charge in [-0.2, -0.15) is 5.26 Å². The van der Waals surface area contributed by atoms with Crippen molar-refractivity contribution >= 4 is 0 Å². The maximum absolute atomic E-state index is 12.0. The zero-order chi connectivity index (χ0) is 14.0. The van der Waals surface area contributed by atoms with E-state index in [4.69, 9.17) is 5.26 Å². The third-order valence-electron chi connectivity index (χ3n) is 3.16. The highest BCUT2D eigenvalue weighted by Crippen LogP contribution is 2.23. The summed E-state index contributed by atoms with van der Waals surface area (Å²) in [5.74, 6) is 0.140. The number of nitriles is 1. The first kappa shape index (κ1) is 13.1. The maximum atomic E-state index is 12.0. The van der Waals surface area contributed by atoms with Crippen molar-refractivity contribution in [3.8, 4) is 17.3 Å². The Labute approximate surface area is 112 Å². The predicted octanol–water partition coefficient (Wildman–Crippen LogP) is 3.35. The number of rotatable bonds is 2. The molecule has 19 heavy (non-hydrogen) atoms. The number of hydrogen-bond acceptors (Lipinski definition) is 2. The Morgan fingerprint density at radius 1 is 1.21 bits per heavy atom. The van der Waals surface area contributed by atoms with E-state index in [-0.39, 0.29) is 17.0 Å². The first-order valence-electron chi connectivity index (χ1n) is 6.27. The van der Waals surface area contributed by atoms with E-state index < -0.39 is 0 Å². The predicted molar refractivity (Wildman–Crippen MR) is 76.0 cm³/mol. The molecule has 1 heterocycles. The summed E-state index contributed by atoms with van der Waals surface area (Å²) in [5, 5.41) is 9.08. The average molecular weight is 252 g/mol. The Hall–Kier alpha value is -2.34. The second-order valence-corrected chi connectivity index (χ2v) is 4.98. The quantitative estimate of drug-likeness (QED) is 0.891. The lowest BCUT2D eigenvalue weighted by molar-refractivity contribution is 0.855. The van der Waals surface area contributed by atoms with Crippen LogP contribution in [0.25, 0.3) is 11.3 Å². The highest BCUT2D eigenvalue weighted by Gasteiger charge is 2.12. The summed E-state index contributed by atoms with van der Waals surface area (Å²) < 4.78 is 0. The average Bonchev–Trinajstić information content (AvgIpc) is 2.38. The molecule has 1 N–H and O–H groups in total. The zero-order valence-corrected chi connectivity index (χ0v) is 11.3. The van der Waals surface area contributed by atoms with Crippen molar-refractivity contribution in [3.05, 3.63) is 57.4 Å². The number of hydrogen-bond donors (Lipinski definition) is 1. The van der Waals surface area contributed by atoms with Gasteiger partial charge in [0, 0.05) is 5.69 Å². The number of aromatic amines is 1. The number of benzene rings is 1. The number of H-pyrrole nitrogens is 1. The smallest absolute Gasteiger partial charge is 0.266 e. The van der Waals surface area contributed by atoms with Gasteiger partial charge in [0.25, 0.3) is 5.56 Å². The fourth-order valence-electron chi connectivity index (χ4n) is 2.04. The van der Waals surface area contributed by atoms with Gasteiger partial charge in [-0.25, -0.2) is 0 Å². The van der Waals surface area contributed by atoms with E-state index in [9.17, 15) is 4.79 Å². The van der Waals surface area contributed by atoms with E-state index in [1.165, 1.54) is 5.56 Å². The van der Waals surface area contributed by atoms with Crippen molar-refractivity contribution in [1.82, 2.24) is 4.98 Å². The van der Waals surface area contributed by atoms with Crippen molar-refractivity contribution in [3.63, 3.8) is 0 Å². The SMILES string of the molecule is Cc1ccc(-c2cc(C(C)C)c(C#N)c(=O)[nH]2)cc1. The molecule has 1 aromatic heterocycles. The van der Waals surface area contributed by atoms with Gasteiger partial charge in [0.05, 0.1) is 0 Å². The molecule has 0 radical (unpaired) electrons. The molecule has 3 heteroatoms. The standard InChI is InChI=1S/C16H16N2O/c1-10(2)13-8-15(18-16(19)14(13)9-17)12-6-4-11(3)5-7-12/h4-8,10H,1-3H3,(H,18,19). The van der Waals surface area contributed by atoms with Gasteiger partial charge in [-0.15, -0.1) is 0 Å². The van der Waals surface area contributed by atoms with E-state index in [1.807, 2.05) is 57.2 Å². The van der Waals surface area contributed by atoms with Crippen LogP contribution in [-0.4, -0.2) is 4.98 Å². The Morgan fingerprint density at radius 2 is 1.84 bits per heavy atom. The third kappa shape index (κ3) is 2.58. The van der Waals surface area contributed by atoms with Crippen molar-refractivity contribution in [2.45, 2.75) is 26.7 Å². The van der Waals surface area contributed by atoms with Crippen molar-refractivity contribution in [2.75, 3.05) is 0 Å². The molecular formula is C16H16N2O. The lowest BCUT2D eigenvalue weighted by Gasteiger charge is -2.10. The molecule has 0 saturated carbocycles. The molecule has 2 aromatic rings. The van der Waals surface area contributed by atoms with Gasteiger partial charge < -0.3 is 4.98 Å². The fraction of sp³-hybridized carbons (Fsp3) is 0.250. The minimum Gasteiger partial charge on any atom is -0.321 e. The van der Waals surface area contributed by atoms with Gasteiger partial charge in [0.2, 0.25) is 0 Å². The summed E-state index contributed by atoms with van der Waals surface area (Å²) in [6.07, 6.45) is 0. The minimum absolute atomic E-state index is 0.140. The molecule has 3 nitrogen and oxygen atoms in total. The summed E-state index contributed by atoms with van der Waals surface area (Å²) >= 11 is 0. The van der Waals surface area contributed by atoms with Crippen LogP contribution in [0.5, 0.6) is 0 Å². The van der Waals surface area contributed by atoms with Crippen LogP contribution in [0, 0.1) is 18.3 Å². The molecule has 0 amide bonds. The van der Waals surface area contributed by atoms with Crippen molar-refractivity contribution in [2.24, 2.45) is 0 Å². The van der Waals surface area contributed by atoms with E-state index in [2.05, 4.69) is 4.98 Å². The Morgan fingerprint density at radius 3 is 2.37 bits per heavy atom. The van der Waals surface area contributed by atoms with Crippen LogP contribution >= 0.6 is 0 Å². The summed E-state index contributed by atoms with van der Waals surface area (Å²) in [7, 11) is 0. The first-order valence-corrected chi connectivity index (χ1v) is 6.27. The molecule has 0 aliphatic carbocycles. The number of nitrogens with one attached hydrogen (secondary N) is 1. The molecule has 2 rings (SSSR count). The number of aromatic nitrogens is 1. The van der Waals surface area contributed by atoms with Gasteiger partial charge in [0.1, 0.15) is 11.6 Å². The highest BCUT2D eigenvalue weighted by molar-refractivity contribution is 5.61. The van der Waals surface area contributed by atoms with Crippen LogP contribution in [0.4, 0.5) is 0 Å². The molecule has 1 aromatic carbocycles. The van der Waals surface area contributed by atoms with E-state index >= 15 is 0 Å². The van der Waals surface area contributed by atoms with Crippen molar-refractivity contribution < 1.29 is 0 Å². The summed E-state index contributed by atoms with van der Waals surface area (Å²) in [4.78, 5) is 14.7. The molecule has 0 aliphatic rings. The molecule has 0 saturated heterocycles. The van der Waals surface area contributed by atoms with Crippen LogP contribution < -0.4 is 5.56 Å². The van der Waals surface area contributed by atoms with E-state index in [0.29, 0.717) is 0 Å². The lowest BCUT2D eigenvalue weighted by atomic mass is 9.97. The van der Waals surface area contributed by atoms with Crippen molar-refractivity contribution in [1.29, 1.82) is 5.26 Å². The molecule has 96 valence electrons. The lowest BCUT2D eigenvalue weighted by Crippen LogP contribution is -2.15. The van der Waals surface area contributed by atoms with E-state index in [1.54, 1.807) is 0 Å². The molecule has 0 fully saturated rings. The number of aryl methyl sites for hydroxylation is 1. The van der Waals surface area contributed by atoms with Crippen LogP contribution in [0.2, 0.25) is 0 Å². The number of nitrogens with zero attached hydrogens (tertiary/aromatic N) is 1. The molecule has 0 spiro atoms. The minimum atomic E-state index is -0.315. The Kier molecular flexibility index (Phi) is 3.52. The summed E-state index contributed by atoms with van der Waals surface area (Å²) in [5.41, 5.74) is 3.57. The van der Waals surface area contributed by atoms with Gasteiger partial charge in [-0.3, -0.25) is 4.79 Å². The third-order valence-corrected chi connectivity index (χ3v) is 3.16. The van der Waals surface area contributed by atoms with Crippen LogP contribution in [0.1, 0.15) is 36.5 Å². The van der Waals surface area contributed by atoms with Crippen LogP contribution in [0.15, 0.2) is 35.1 Å². The summed E-state index contributed by atoms with van der Waals surface area (Å²) in [6, 6.07) is 11.8. The van der Waals surface area contributed by atoms with Crippen LogP contribution in [-0.2, 0) is 0 Å².